The molecule has 146 valence electrons. The molecule has 2 heterocycles. The van der Waals surface area contributed by atoms with E-state index in [9.17, 15) is 0 Å². The van der Waals surface area contributed by atoms with Crippen molar-refractivity contribution < 1.29 is 4.74 Å². The molecule has 30 heavy (non-hydrogen) atoms. The second-order valence-corrected chi connectivity index (χ2v) is 6.68. The van der Waals surface area contributed by atoms with Crippen LogP contribution in [0.3, 0.4) is 0 Å². The number of nitrogens with one attached hydrogen (secondary N) is 1. The van der Waals surface area contributed by atoms with Crippen LogP contribution in [0.5, 0.6) is 11.5 Å². The lowest BCUT2D eigenvalue weighted by atomic mass is 10.1. The number of nitrogens with two attached hydrogens (primary N) is 1. The molecule has 0 amide bonds. The lowest BCUT2D eigenvalue weighted by Gasteiger charge is -2.10. The van der Waals surface area contributed by atoms with E-state index in [0.717, 1.165) is 11.3 Å². The molecule has 0 spiro atoms. The van der Waals surface area contributed by atoms with Crippen molar-refractivity contribution in [2.45, 2.75) is 0 Å². The minimum atomic E-state index is 0.163. The van der Waals surface area contributed by atoms with Gasteiger partial charge in [0.1, 0.15) is 29.1 Å². The van der Waals surface area contributed by atoms with Crippen molar-refractivity contribution >= 4 is 29.1 Å². The van der Waals surface area contributed by atoms with Crippen molar-refractivity contribution in [1.29, 1.82) is 5.26 Å². The third kappa shape index (κ3) is 4.63. The molecular weight excluding hydrogens is 400 g/mol. The molecule has 0 saturated carbocycles. The smallest absolute Gasteiger partial charge is 0.222 e. The number of rotatable bonds is 5. The molecule has 4 aromatic rings. The van der Waals surface area contributed by atoms with Gasteiger partial charge in [-0.05, 0) is 42.5 Å². The summed E-state index contributed by atoms with van der Waals surface area (Å²) < 4.78 is 5.76. The summed E-state index contributed by atoms with van der Waals surface area (Å²) in [7, 11) is 0. The normalized spacial score (nSPS) is 10.3. The zero-order valence-corrected chi connectivity index (χ0v) is 16.3. The summed E-state index contributed by atoms with van der Waals surface area (Å²) in [6.45, 7) is 0. The van der Waals surface area contributed by atoms with Gasteiger partial charge in [0.2, 0.25) is 5.95 Å². The second-order valence-electron chi connectivity index (χ2n) is 6.24. The van der Waals surface area contributed by atoms with E-state index in [1.165, 1.54) is 6.20 Å². The summed E-state index contributed by atoms with van der Waals surface area (Å²) >= 11 is 5.95. The van der Waals surface area contributed by atoms with E-state index in [1.54, 1.807) is 36.4 Å². The summed E-state index contributed by atoms with van der Waals surface area (Å²) in [5, 5.41) is 12.8. The van der Waals surface area contributed by atoms with Gasteiger partial charge in [0.15, 0.2) is 0 Å². The van der Waals surface area contributed by atoms with Gasteiger partial charge in [-0.15, -0.1) is 0 Å². The number of pyridine rings is 1. The Hall–Kier alpha value is -4.15. The third-order valence-corrected chi connectivity index (χ3v) is 4.34. The number of hydrogen-bond donors (Lipinski definition) is 2. The topological polar surface area (TPSA) is 110 Å². The Bertz CT molecular complexity index is 1220. The zero-order valence-electron chi connectivity index (χ0n) is 15.6. The maximum absolute atomic E-state index is 8.93. The minimum absolute atomic E-state index is 0.163. The molecule has 0 aliphatic heterocycles. The van der Waals surface area contributed by atoms with Crippen LogP contribution < -0.4 is 15.8 Å². The predicted molar refractivity (Wildman–Crippen MR) is 116 cm³/mol. The van der Waals surface area contributed by atoms with Gasteiger partial charge in [0.25, 0.3) is 0 Å². The first kappa shape index (κ1) is 19.2. The maximum atomic E-state index is 8.93. The van der Waals surface area contributed by atoms with E-state index in [2.05, 4.69) is 20.3 Å². The monoisotopic (exact) mass is 414 g/mol. The first-order valence-corrected chi connectivity index (χ1v) is 9.28. The highest BCUT2D eigenvalue weighted by Gasteiger charge is 2.06. The Morgan fingerprint density at radius 3 is 2.43 bits per heavy atom. The highest BCUT2D eigenvalue weighted by Crippen LogP contribution is 2.26. The Balaban J connectivity index is 1.50. The Labute approximate surface area is 177 Å². The Morgan fingerprint density at radius 1 is 0.933 bits per heavy atom. The standard InChI is InChI=1S/C22H15ClN6O/c23-15-3-1-14(2-4-15)20-12-21(29-22(25)28-20)27-16-5-7-18(8-6-16)30-19-9-10-26-17(11-19)13-24/h1-12H,(H3,25,27,28,29). The largest absolute Gasteiger partial charge is 0.457 e. The number of ether oxygens (including phenoxy) is 1. The average Bonchev–Trinajstić information content (AvgIpc) is 2.75. The summed E-state index contributed by atoms with van der Waals surface area (Å²) in [5.41, 5.74) is 8.54. The Kier molecular flexibility index (Phi) is 5.42. The van der Waals surface area contributed by atoms with Crippen LogP contribution in [0.15, 0.2) is 72.9 Å². The van der Waals surface area contributed by atoms with E-state index in [-0.39, 0.29) is 5.95 Å². The summed E-state index contributed by atoms with van der Waals surface area (Å²) in [5.74, 6) is 1.89. The Morgan fingerprint density at radius 2 is 1.70 bits per heavy atom. The van der Waals surface area contributed by atoms with Crippen LogP contribution in [0.2, 0.25) is 5.02 Å². The van der Waals surface area contributed by atoms with Crippen molar-refractivity contribution in [3.05, 3.63) is 83.6 Å². The summed E-state index contributed by atoms with van der Waals surface area (Å²) in [6, 6.07) is 21.7. The van der Waals surface area contributed by atoms with E-state index in [4.69, 9.17) is 27.3 Å². The summed E-state index contributed by atoms with van der Waals surface area (Å²) in [6.07, 6.45) is 1.53. The van der Waals surface area contributed by atoms with Crippen LogP contribution >= 0.6 is 11.6 Å². The van der Waals surface area contributed by atoms with Gasteiger partial charge in [0.05, 0.1) is 5.69 Å². The van der Waals surface area contributed by atoms with Crippen molar-refractivity contribution in [3.63, 3.8) is 0 Å². The predicted octanol–water partition coefficient (Wildman–Crippen LogP) is 5.18. The molecule has 0 radical (unpaired) electrons. The fraction of sp³-hybridized carbons (Fsp3) is 0. The lowest BCUT2D eigenvalue weighted by molar-refractivity contribution is 0.482. The van der Waals surface area contributed by atoms with E-state index < -0.39 is 0 Å². The van der Waals surface area contributed by atoms with Crippen LogP contribution in [0.4, 0.5) is 17.5 Å². The average molecular weight is 415 g/mol. The van der Waals surface area contributed by atoms with Crippen molar-refractivity contribution in [3.8, 4) is 28.8 Å². The van der Waals surface area contributed by atoms with Crippen LogP contribution in [-0.2, 0) is 0 Å². The highest BCUT2D eigenvalue weighted by atomic mass is 35.5. The summed E-state index contributed by atoms with van der Waals surface area (Å²) in [4.78, 5) is 12.4. The number of halogens is 1. The van der Waals surface area contributed by atoms with Gasteiger partial charge < -0.3 is 15.8 Å². The number of aromatic nitrogens is 3. The molecule has 8 heteroatoms. The molecule has 0 aliphatic rings. The molecule has 0 saturated heterocycles. The number of nitrogen functional groups attached to an aromatic ring is 1. The minimum Gasteiger partial charge on any atom is -0.457 e. The molecule has 0 atom stereocenters. The molecule has 2 aromatic carbocycles. The highest BCUT2D eigenvalue weighted by molar-refractivity contribution is 6.30. The fourth-order valence-corrected chi connectivity index (χ4v) is 2.85. The molecule has 4 rings (SSSR count). The molecular formula is C22H15ClN6O. The van der Waals surface area contributed by atoms with Gasteiger partial charge in [-0.1, -0.05) is 23.7 Å². The van der Waals surface area contributed by atoms with E-state index in [0.29, 0.717) is 33.7 Å². The molecule has 0 unspecified atom stereocenters. The van der Waals surface area contributed by atoms with Crippen LogP contribution in [0.25, 0.3) is 11.3 Å². The van der Waals surface area contributed by atoms with Crippen molar-refractivity contribution in [2.24, 2.45) is 0 Å². The van der Waals surface area contributed by atoms with Gasteiger partial charge in [-0.25, -0.2) is 9.97 Å². The zero-order chi connectivity index (χ0) is 20.9. The molecule has 0 fully saturated rings. The first-order chi connectivity index (χ1) is 14.6. The number of hydrogen-bond acceptors (Lipinski definition) is 7. The van der Waals surface area contributed by atoms with Gasteiger partial charge in [-0.2, -0.15) is 10.2 Å². The van der Waals surface area contributed by atoms with E-state index in [1.807, 2.05) is 36.4 Å². The van der Waals surface area contributed by atoms with Gasteiger partial charge in [0, 0.05) is 34.6 Å². The molecule has 3 N–H and O–H groups in total. The number of anilines is 3. The third-order valence-electron chi connectivity index (χ3n) is 4.09. The van der Waals surface area contributed by atoms with Crippen molar-refractivity contribution in [1.82, 2.24) is 15.0 Å². The lowest BCUT2D eigenvalue weighted by Crippen LogP contribution is -2.01. The molecule has 0 bridgehead atoms. The molecule has 0 aliphatic carbocycles. The maximum Gasteiger partial charge on any atom is 0.222 e. The SMILES string of the molecule is N#Cc1cc(Oc2ccc(Nc3cc(-c4ccc(Cl)cc4)nc(N)n3)cc2)ccn1. The van der Waals surface area contributed by atoms with Crippen LogP contribution in [0.1, 0.15) is 5.69 Å². The number of benzene rings is 2. The molecule has 7 nitrogen and oxygen atoms in total. The quantitative estimate of drug-likeness (QED) is 0.462. The first-order valence-electron chi connectivity index (χ1n) is 8.91. The van der Waals surface area contributed by atoms with Gasteiger partial charge >= 0.3 is 0 Å². The van der Waals surface area contributed by atoms with Crippen LogP contribution in [-0.4, -0.2) is 15.0 Å². The number of nitriles is 1. The second kappa shape index (κ2) is 8.47. The van der Waals surface area contributed by atoms with Crippen molar-refractivity contribution in [2.75, 3.05) is 11.1 Å². The molecule has 2 aromatic heterocycles. The van der Waals surface area contributed by atoms with Gasteiger partial charge in [-0.3, -0.25) is 0 Å². The van der Waals surface area contributed by atoms with Crippen LogP contribution in [0, 0.1) is 11.3 Å². The fourth-order valence-electron chi connectivity index (χ4n) is 2.72. The van der Waals surface area contributed by atoms with E-state index >= 15 is 0 Å². The number of nitrogens with zero attached hydrogens (tertiary/aromatic N) is 4.